The molecule has 0 N–H and O–H groups in total. The highest BCUT2D eigenvalue weighted by molar-refractivity contribution is 4.66. The third-order valence-electron chi connectivity index (χ3n) is 1.80. The molecule has 0 aromatic rings. The first-order chi connectivity index (χ1) is 4.31. The van der Waals surface area contributed by atoms with Crippen LogP contribution in [0.5, 0.6) is 0 Å². The highest BCUT2D eigenvalue weighted by atomic mass is 14.0. The molecule has 0 saturated carbocycles. The molecule has 0 amide bonds. The maximum atomic E-state index is 3.68. The van der Waals surface area contributed by atoms with Gasteiger partial charge in [0.25, 0.3) is 0 Å². The van der Waals surface area contributed by atoms with Crippen molar-refractivity contribution in [3.63, 3.8) is 0 Å². The molecule has 0 spiro atoms. The van der Waals surface area contributed by atoms with Crippen molar-refractivity contribution in [3.05, 3.63) is 12.7 Å². The van der Waals surface area contributed by atoms with Gasteiger partial charge in [-0.05, 0) is 18.8 Å². The third-order valence-corrected chi connectivity index (χ3v) is 1.80. The Labute approximate surface area is 59.0 Å². The fraction of sp³-hybridized carbons (Fsp3) is 0.778. The molecule has 0 saturated heterocycles. The van der Waals surface area contributed by atoms with Gasteiger partial charge in [0.05, 0.1) is 0 Å². The first-order valence-corrected chi connectivity index (χ1v) is 3.92. The Kier molecular flexibility index (Phi) is 5.70. The van der Waals surface area contributed by atoms with E-state index in [4.69, 9.17) is 0 Å². The van der Waals surface area contributed by atoms with Crippen molar-refractivity contribution in [1.29, 1.82) is 0 Å². The van der Waals surface area contributed by atoms with E-state index in [9.17, 15) is 0 Å². The summed E-state index contributed by atoms with van der Waals surface area (Å²) in [6, 6.07) is 0. The summed E-state index contributed by atoms with van der Waals surface area (Å²) < 4.78 is 0. The molecule has 0 fully saturated rings. The van der Waals surface area contributed by atoms with Crippen molar-refractivity contribution in [2.24, 2.45) is 5.92 Å². The summed E-state index contributed by atoms with van der Waals surface area (Å²) in [5.74, 6) is 0.907. The Morgan fingerprint density at radius 2 is 2.22 bits per heavy atom. The number of rotatable bonds is 5. The van der Waals surface area contributed by atoms with Gasteiger partial charge in [-0.2, -0.15) is 0 Å². The zero-order valence-electron chi connectivity index (χ0n) is 6.69. The molecule has 0 aliphatic heterocycles. The Morgan fingerprint density at radius 3 is 2.67 bits per heavy atom. The van der Waals surface area contributed by atoms with Crippen LogP contribution in [0.15, 0.2) is 12.7 Å². The van der Waals surface area contributed by atoms with E-state index in [1.165, 1.54) is 25.7 Å². The molecule has 0 rings (SSSR count). The molecule has 0 aliphatic rings. The van der Waals surface area contributed by atoms with Crippen LogP contribution in [0.25, 0.3) is 0 Å². The first kappa shape index (κ1) is 8.74. The van der Waals surface area contributed by atoms with E-state index in [1.54, 1.807) is 0 Å². The van der Waals surface area contributed by atoms with Gasteiger partial charge in [-0.1, -0.05) is 32.8 Å². The fourth-order valence-corrected chi connectivity index (χ4v) is 0.815. The lowest BCUT2D eigenvalue weighted by atomic mass is 10.0. The third kappa shape index (κ3) is 5.61. The van der Waals surface area contributed by atoms with E-state index in [0.29, 0.717) is 0 Å². The van der Waals surface area contributed by atoms with Gasteiger partial charge >= 0.3 is 0 Å². The summed E-state index contributed by atoms with van der Waals surface area (Å²) in [6.07, 6.45) is 7.19. The van der Waals surface area contributed by atoms with Crippen molar-refractivity contribution in [3.8, 4) is 0 Å². The highest BCUT2D eigenvalue weighted by Crippen LogP contribution is 2.10. The second-order valence-corrected chi connectivity index (χ2v) is 2.73. The Bertz CT molecular complexity index is 64.4. The number of unbranched alkanes of at least 4 members (excludes halogenated alkanes) is 1. The Hall–Kier alpha value is -0.260. The van der Waals surface area contributed by atoms with Crippen LogP contribution in [0.2, 0.25) is 0 Å². The summed E-state index contributed by atoms with van der Waals surface area (Å²) in [5, 5.41) is 0. The second-order valence-electron chi connectivity index (χ2n) is 2.73. The zero-order chi connectivity index (χ0) is 7.11. The van der Waals surface area contributed by atoms with Crippen LogP contribution in [0.4, 0.5) is 0 Å². The largest absolute Gasteiger partial charge is 0.103 e. The summed E-state index contributed by atoms with van der Waals surface area (Å²) in [5.41, 5.74) is 0. The van der Waals surface area contributed by atoms with E-state index in [-0.39, 0.29) is 0 Å². The maximum Gasteiger partial charge on any atom is -0.0353 e. The topological polar surface area (TPSA) is 0 Å². The quantitative estimate of drug-likeness (QED) is 0.391. The number of hydrogen-bond acceptors (Lipinski definition) is 0. The minimum absolute atomic E-state index is 0.907. The van der Waals surface area contributed by atoms with Crippen LogP contribution in [0, 0.1) is 5.92 Å². The van der Waals surface area contributed by atoms with Gasteiger partial charge in [0, 0.05) is 0 Å². The minimum atomic E-state index is 0.907. The molecular formula is C9H18. The highest BCUT2D eigenvalue weighted by Gasteiger charge is 1.95. The van der Waals surface area contributed by atoms with Crippen LogP contribution in [0.3, 0.4) is 0 Å². The summed E-state index contributed by atoms with van der Waals surface area (Å²) >= 11 is 0. The SMILES string of the molecule is C=CCCCC(C)CC. The normalized spacial score (nSPS) is 13.1. The van der Waals surface area contributed by atoms with Gasteiger partial charge in [0.1, 0.15) is 0 Å². The van der Waals surface area contributed by atoms with Gasteiger partial charge in [-0.3, -0.25) is 0 Å². The van der Waals surface area contributed by atoms with Crippen LogP contribution >= 0.6 is 0 Å². The zero-order valence-corrected chi connectivity index (χ0v) is 6.69. The smallest absolute Gasteiger partial charge is 0.0353 e. The molecule has 54 valence electrons. The van der Waals surface area contributed by atoms with E-state index in [2.05, 4.69) is 20.4 Å². The molecule has 0 aromatic carbocycles. The number of hydrogen-bond donors (Lipinski definition) is 0. The van der Waals surface area contributed by atoms with Gasteiger partial charge in [-0.15, -0.1) is 6.58 Å². The van der Waals surface area contributed by atoms with E-state index in [0.717, 1.165) is 5.92 Å². The molecule has 0 heterocycles. The fourth-order valence-electron chi connectivity index (χ4n) is 0.815. The molecule has 0 aliphatic carbocycles. The van der Waals surface area contributed by atoms with E-state index >= 15 is 0 Å². The number of allylic oxidation sites excluding steroid dienone is 1. The maximum absolute atomic E-state index is 3.68. The van der Waals surface area contributed by atoms with Crippen molar-refractivity contribution in [1.82, 2.24) is 0 Å². The van der Waals surface area contributed by atoms with Gasteiger partial charge in [0.2, 0.25) is 0 Å². The first-order valence-electron chi connectivity index (χ1n) is 3.92. The molecule has 1 atom stereocenters. The van der Waals surface area contributed by atoms with Gasteiger partial charge in [-0.25, -0.2) is 0 Å². The Balaban J connectivity index is 2.96. The van der Waals surface area contributed by atoms with Crippen molar-refractivity contribution < 1.29 is 0 Å². The van der Waals surface area contributed by atoms with E-state index < -0.39 is 0 Å². The van der Waals surface area contributed by atoms with Crippen LogP contribution in [0.1, 0.15) is 39.5 Å². The van der Waals surface area contributed by atoms with Crippen LogP contribution in [-0.2, 0) is 0 Å². The lowest BCUT2D eigenvalue weighted by Crippen LogP contribution is -1.90. The van der Waals surface area contributed by atoms with Crippen LogP contribution in [-0.4, -0.2) is 0 Å². The standard InChI is InChI=1S/C9H18/c1-4-6-7-8-9(3)5-2/h4,9H,1,5-8H2,2-3H3. The van der Waals surface area contributed by atoms with Crippen molar-refractivity contribution in [2.75, 3.05) is 0 Å². The molecule has 0 heteroatoms. The summed E-state index contributed by atoms with van der Waals surface area (Å²) in [4.78, 5) is 0. The molecule has 9 heavy (non-hydrogen) atoms. The van der Waals surface area contributed by atoms with E-state index in [1.807, 2.05) is 6.08 Å². The van der Waals surface area contributed by atoms with Gasteiger partial charge in [0.15, 0.2) is 0 Å². The lowest BCUT2D eigenvalue weighted by molar-refractivity contribution is 0.498. The molecular weight excluding hydrogens is 108 g/mol. The van der Waals surface area contributed by atoms with Crippen LogP contribution < -0.4 is 0 Å². The monoisotopic (exact) mass is 126 g/mol. The average molecular weight is 126 g/mol. The molecule has 0 radical (unpaired) electrons. The Morgan fingerprint density at radius 1 is 1.56 bits per heavy atom. The lowest BCUT2D eigenvalue weighted by Gasteiger charge is -2.04. The average Bonchev–Trinajstić information content (AvgIpc) is 1.89. The predicted octanol–water partition coefficient (Wildman–Crippen LogP) is 3.39. The summed E-state index contributed by atoms with van der Waals surface area (Å²) in [6.45, 7) is 8.24. The molecule has 0 nitrogen and oxygen atoms in total. The summed E-state index contributed by atoms with van der Waals surface area (Å²) in [7, 11) is 0. The molecule has 1 unspecified atom stereocenters. The predicted molar refractivity (Wildman–Crippen MR) is 43.5 cm³/mol. The second kappa shape index (κ2) is 5.87. The molecule has 0 aromatic heterocycles. The van der Waals surface area contributed by atoms with Crippen molar-refractivity contribution >= 4 is 0 Å². The van der Waals surface area contributed by atoms with Crippen molar-refractivity contribution in [2.45, 2.75) is 39.5 Å². The van der Waals surface area contributed by atoms with Gasteiger partial charge < -0.3 is 0 Å². The minimum Gasteiger partial charge on any atom is -0.103 e. The molecule has 0 bridgehead atoms.